The second kappa shape index (κ2) is 17.7. The van der Waals surface area contributed by atoms with Gasteiger partial charge in [0, 0.05) is 36.8 Å². The average molecular weight is 861 g/mol. The van der Waals surface area contributed by atoms with Crippen LogP contribution >= 0.6 is 23.2 Å². The van der Waals surface area contributed by atoms with Gasteiger partial charge in [-0.3, -0.25) is 14.6 Å². The van der Waals surface area contributed by atoms with Crippen LogP contribution in [-0.2, 0) is 35.6 Å². The third-order valence-corrected chi connectivity index (χ3v) is 11.8. The molecule has 0 bridgehead atoms. The van der Waals surface area contributed by atoms with Gasteiger partial charge in [-0.25, -0.2) is 9.18 Å². The van der Waals surface area contributed by atoms with Gasteiger partial charge in [-0.15, -0.1) is 0 Å². The number of aryl methyl sites for hydroxylation is 1. The van der Waals surface area contributed by atoms with Crippen molar-refractivity contribution in [1.29, 1.82) is 0 Å². The van der Waals surface area contributed by atoms with Crippen molar-refractivity contribution in [2.24, 2.45) is 0 Å². The Morgan fingerprint density at radius 3 is 2.39 bits per heavy atom. The van der Waals surface area contributed by atoms with Crippen molar-refractivity contribution in [2.75, 3.05) is 6.61 Å². The first-order valence-electron chi connectivity index (χ1n) is 19.6. The minimum absolute atomic E-state index is 0.00515. The van der Waals surface area contributed by atoms with Gasteiger partial charge in [0.2, 0.25) is 5.91 Å². The van der Waals surface area contributed by atoms with Gasteiger partial charge in [0.25, 0.3) is 5.91 Å². The van der Waals surface area contributed by atoms with Gasteiger partial charge >= 0.3 is 5.97 Å². The molecule has 2 N–H and O–H groups in total. The van der Waals surface area contributed by atoms with Crippen molar-refractivity contribution < 1.29 is 38.1 Å². The minimum Gasteiger partial charge on any atom is -0.489 e. The summed E-state index contributed by atoms with van der Waals surface area (Å²) in [5.41, 5.74) is 7.87. The molecule has 2 amide bonds. The number of fused-ring (bicyclic) bond motifs is 2. The van der Waals surface area contributed by atoms with Crippen molar-refractivity contribution >= 4 is 41.0 Å². The quantitative estimate of drug-likeness (QED) is 0.132. The lowest BCUT2D eigenvalue weighted by Crippen LogP contribution is -2.56. The largest absolute Gasteiger partial charge is 0.489 e. The second-order valence-corrected chi connectivity index (χ2v) is 15.9. The highest BCUT2D eigenvalue weighted by atomic mass is 35.5. The zero-order chi connectivity index (χ0) is 42.8. The fraction of sp³-hybridized carbons (Fsp3) is 0.208. The minimum atomic E-state index is -1.30. The first-order valence-corrected chi connectivity index (χ1v) is 20.4. The summed E-state index contributed by atoms with van der Waals surface area (Å²) in [4.78, 5) is 46.5. The standard InChI is InChI=1S/C48H40Cl2FN3O7/c1-27-28(2)52-17-16-38(27)31-9-6-29(7-10-31)19-41(48(57)58)53-46(55)42-21-34-22-43-44(23-35(34)24-54(42)47(56)33-4-3-5-36(51)20-33)61-45(26-60-43)32-11-13-37(14-12-32)59-25-30-8-15-39(49)40(50)18-30/h3-18,20,22-23,41-42,45H,19,21,24-26H2,1-2H3,(H,53,55)(H,57,58)/t41-,42-,45+/m0/s1. The van der Waals surface area contributed by atoms with Crippen molar-refractivity contribution in [3.8, 4) is 28.4 Å². The monoisotopic (exact) mass is 859 g/mol. The number of halogens is 3. The van der Waals surface area contributed by atoms with Crippen molar-refractivity contribution in [3.05, 3.63) is 176 Å². The number of aliphatic carboxylic acids is 1. The lowest BCUT2D eigenvalue weighted by molar-refractivity contribution is -0.142. The molecular weight excluding hydrogens is 820 g/mol. The molecule has 0 unspecified atom stereocenters. The number of ether oxygens (including phenoxy) is 3. The number of nitrogens with zero attached hydrogens (tertiary/aromatic N) is 2. The van der Waals surface area contributed by atoms with E-state index in [2.05, 4.69) is 10.3 Å². The van der Waals surface area contributed by atoms with E-state index in [1.54, 1.807) is 30.5 Å². The fourth-order valence-corrected chi connectivity index (χ4v) is 7.92. The lowest BCUT2D eigenvalue weighted by atomic mass is 9.91. The average Bonchev–Trinajstić information content (AvgIpc) is 3.26. The number of rotatable bonds is 11. The van der Waals surface area contributed by atoms with Gasteiger partial charge in [-0.2, -0.15) is 0 Å². The molecule has 0 saturated carbocycles. The lowest BCUT2D eigenvalue weighted by Gasteiger charge is -2.37. The molecule has 6 aromatic rings. The Hall–Kier alpha value is -6.43. The molecule has 0 aliphatic carbocycles. The van der Waals surface area contributed by atoms with Crippen LogP contribution in [0.15, 0.2) is 115 Å². The Morgan fingerprint density at radius 2 is 1.66 bits per heavy atom. The number of carbonyl (C=O) groups is 3. The summed E-state index contributed by atoms with van der Waals surface area (Å²) in [5.74, 6) is -1.47. The van der Waals surface area contributed by atoms with Crippen LogP contribution in [0.1, 0.15) is 55.5 Å². The van der Waals surface area contributed by atoms with Crippen LogP contribution in [0.2, 0.25) is 10.0 Å². The Balaban J connectivity index is 0.991. The third-order valence-electron chi connectivity index (χ3n) is 11.1. The van der Waals surface area contributed by atoms with E-state index >= 15 is 0 Å². The molecule has 1 aromatic heterocycles. The molecule has 3 atom stereocenters. The van der Waals surface area contributed by atoms with Crippen molar-refractivity contribution in [2.45, 2.75) is 58.0 Å². The second-order valence-electron chi connectivity index (χ2n) is 15.1. The van der Waals surface area contributed by atoms with Crippen LogP contribution < -0.4 is 19.5 Å². The molecule has 0 fully saturated rings. The maximum atomic E-state index is 14.4. The molecule has 2 aliphatic heterocycles. The number of aromatic nitrogens is 1. The maximum Gasteiger partial charge on any atom is 0.326 e. The Bertz CT molecular complexity index is 2640. The fourth-order valence-electron chi connectivity index (χ4n) is 7.60. The van der Waals surface area contributed by atoms with Crippen LogP contribution in [0, 0.1) is 19.7 Å². The highest BCUT2D eigenvalue weighted by Crippen LogP contribution is 2.41. The van der Waals surface area contributed by atoms with Gasteiger partial charge in [0.15, 0.2) is 17.6 Å². The van der Waals surface area contributed by atoms with Crippen LogP contribution in [-0.4, -0.2) is 51.5 Å². The molecule has 0 spiro atoms. The summed E-state index contributed by atoms with van der Waals surface area (Å²) in [7, 11) is 0. The van der Waals surface area contributed by atoms with E-state index in [1.165, 1.54) is 23.1 Å². The number of nitrogens with one attached hydrogen (secondary N) is 1. The topological polar surface area (TPSA) is 127 Å². The van der Waals surface area contributed by atoms with Gasteiger partial charge in [-0.05, 0) is 119 Å². The molecule has 2 aliphatic rings. The number of carboxylic acid groups (broad SMARTS) is 1. The number of hydrogen-bond donors (Lipinski definition) is 2. The smallest absolute Gasteiger partial charge is 0.326 e. The summed E-state index contributed by atoms with van der Waals surface area (Å²) in [6.45, 7) is 4.44. The summed E-state index contributed by atoms with van der Waals surface area (Å²) >= 11 is 12.2. The number of carboxylic acids is 1. The van der Waals surface area contributed by atoms with Crippen molar-refractivity contribution in [1.82, 2.24) is 15.2 Å². The number of carbonyl (C=O) groups excluding carboxylic acids is 2. The summed E-state index contributed by atoms with van der Waals surface area (Å²) in [6, 6.07) is 28.7. The van der Waals surface area contributed by atoms with Crippen LogP contribution in [0.5, 0.6) is 17.2 Å². The van der Waals surface area contributed by atoms with E-state index in [0.29, 0.717) is 45.0 Å². The summed E-state index contributed by atoms with van der Waals surface area (Å²) in [6.07, 6.45) is 1.36. The first kappa shape index (κ1) is 41.3. The molecule has 310 valence electrons. The van der Waals surface area contributed by atoms with E-state index in [0.717, 1.165) is 45.1 Å². The third kappa shape index (κ3) is 9.18. The molecule has 3 heterocycles. The van der Waals surface area contributed by atoms with Crippen molar-refractivity contribution in [3.63, 3.8) is 0 Å². The highest BCUT2D eigenvalue weighted by Gasteiger charge is 2.38. The summed E-state index contributed by atoms with van der Waals surface area (Å²) < 4.78 is 32.9. The number of pyridine rings is 1. The number of benzene rings is 5. The predicted octanol–water partition coefficient (Wildman–Crippen LogP) is 9.28. The predicted molar refractivity (Wildman–Crippen MR) is 229 cm³/mol. The zero-order valence-corrected chi connectivity index (χ0v) is 34.7. The molecule has 13 heteroatoms. The Labute approximate surface area is 361 Å². The van der Waals surface area contributed by atoms with E-state index in [1.807, 2.05) is 74.5 Å². The van der Waals surface area contributed by atoms with Gasteiger partial charge < -0.3 is 29.5 Å². The first-order chi connectivity index (χ1) is 29.4. The molecule has 5 aromatic carbocycles. The molecule has 0 radical (unpaired) electrons. The van der Waals surface area contributed by atoms with Crippen LogP contribution in [0.25, 0.3) is 11.1 Å². The number of amides is 2. The summed E-state index contributed by atoms with van der Waals surface area (Å²) in [5, 5.41) is 13.9. The van der Waals surface area contributed by atoms with Gasteiger partial charge in [-0.1, -0.05) is 71.7 Å². The molecule has 61 heavy (non-hydrogen) atoms. The number of hydrogen-bond acceptors (Lipinski definition) is 7. The van der Waals surface area contributed by atoms with Crippen LogP contribution in [0.4, 0.5) is 4.39 Å². The van der Waals surface area contributed by atoms with E-state index < -0.39 is 41.8 Å². The highest BCUT2D eigenvalue weighted by molar-refractivity contribution is 6.42. The van der Waals surface area contributed by atoms with Gasteiger partial charge in [0.1, 0.15) is 36.9 Å². The molecule has 8 rings (SSSR count). The molecule has 0 saturated heterocycles. The zero-order valence-electron chi connectivity index (χ0n) is 33.2. The molecular formula is C48H40Cl2FN3O7. The van der Waals surface area contributed by atoms with E-state index in [-0.39, 0.29) is 31.6 Å². The Morgan fingerprint density at radius 1 is 0.902 bits per heavy atom. The Kier molecular flexibility index (Phi) is 12.0. The molecule has 10 nitrogen and oxygen atoms in total. The SMILES string of the molecule is Cc1nccc(-c2ccc(C[C@H](NC(=O)[C@@H]3Cc4cc5c(cc4CN3C(=O)c3cccc(F)c3)O[C@@H](c3ccc(OCc4ccc(Cl)c(Cl)c4)cc3)CO5)C(=O)O)cc2)c1C. The van der Waals surface area contributed by atoms with E-state index in [9.17, 15) is 23.9 Å². The normalized spacial score (nSPS) is 16.0. The maximum absolute atomic E-state index is 14.4. The van der Waals surface area contributed by atoms with Crippen LogP contribution in [0.3, 0.4) is 0 Å². The van der Waals surface area contributed by atoms with E-state index in [4.69, 9.17) is 37.4 Å². The van der Waals surface area contributed by atoms with Gasteiger partial charge in [0.05, 0.1) is 10.0 Å².